The standard InChI is InChI=1S/C30H31NO5/c1-5-35-30(32)28-27(23-12-8-10-20-9-6-7-11-22(20)23)19(2)31-14-13-21-17-26(36-16-15-33-3)25(34-4)18-24(21)29(28)31/h6-12,17-18H,5,13-16H2,1-4H3. The first-order chi connectivity index (χ1) is 17.6. The quantitative estimate of drug-likeness (QED) is 0.225. The van der Waals surface area contributed by atoms with E-state index < -0.39 is 0 Å². The number of hydrogen-bond donors (Lipinski definition) is 0. The molecule has 5 rings (SSSR count). The number of aromatic nitrogens is 1. The van der Waals surface area contributed by atoms with Gasteiger partial charge < -0.3 is 23.5 Å². The molecule has 0 aliphatic carbocycles. The zero-order valence-electron chi connectivity index (χ0n) is 21.2. The number of hydrogen-bond acceptors (Lipinski definition) is 5. The van der Waals surface area contributed by atoms with Crippen molar-refractivity contribution in [1.29, 1.82) is 0 Å². The Hall–Kier alpha value is -3.77. The second-order valence-corrected chi connectivity index (χ2v) is 8.83. The molecule has 6 heteroatoms. The van der Waals surface area contributed by atoms with Gasteiger partial charge in [-0.1, -0.05) is 42.5 Å². The molecule has 0 saturated heterocycles. The van der Waals surface area contributed by atoms with Crippen molar-refractivity contribution in [2.75, 3.05) is 34.0 Å². The van der Waals surface area contributed by atoms with E-state index in [2.05, 4.69) is 35.8 Å². The average Bonchev–Trinajstić information content (AvgIpc) is 3.20. The minimum atomic E-state index is -0.315. The summed E-state index contributed by atoms with van der Waals surface area (Å²) < 4.78 is 24.6. The van der Waals surface area contributed by atoms with Crippen LogP contribution in [-0.2, 0) is 22.4 Å². The first-order valence-corrected chi connectivity index (χ1v) is 12.3. The van der Waals surface area contributed by atoms with Crippen molar-refractivity contribution in [3.05, 3.63) is 71.4 Å². The largest absolute Gasteiger partial charge is 0.493 e. The van der Waals surface area contributed by atoms with Crippen LogP contribution in [0.4, 0.5) is 0 Å². The highest BCUT2D eigenvalue weighted by atomic mass is 16.5. The summed E-state index contributed by atoms with van der Waals surface area (Å²) in [5, 5.41) is 2.24. The molecule has 0 fully saturated rings. The van der Waals surface area contributed by atoms with Gasteiger partial charge in [0.15, 0.2) is 11.5 Å². The molecule has 2 heterocycles. The summed E-state index contributed by atoms with van der Waals surface area (Å²) in [6, 6.07) is 18.5. The van der Waals surface area contributed by atoms with E-state index in [4.69, 9.17) is 18.9 Å². The topological polar surface area (TPSA) is 58.9 Å². The minimum Gasteiger partial charge on any atom is -0.493 e. The summed E-state index contributed by atoms with van der Waals surface area (Å²) in [6.45, 7) is 5.92. The van der Waals surface area contributed by atoms with Crippen molar-refractivity contribution >= 4 is 16.7 Å². The fourth-order valence-corrected chi connectivity index (χ4v) is 5.24. The number of carbonyl (C=O) groups is 1. The molecule has 0 unspecified atom stereocenters. The van der Waals surface area contributed by atoms with Crippen LogP contribution in [0.5, 0.6) is 11.5 Å². The number of ether oxygens (including phenoxy) is 4. The van der Waals surface area contributed by atoms with Gasteiger partial charge in [-0.05, 0) is 54.3 Å². The second-order valence-electron chi connectivity index (χ2n) is 8.83. The molecule has 36 heavy (non-hydrogen) atoms. The molecule has 3 aromatic carbocycles. The third kappa shape index (κ3) is 4.01. The van der Waals surface area contributed by atoms with Gasteiger partial charge in [0.25, 0.3) is 0 Å². The molecule has 1 aromatic heterocycles. The zero-order chi connectivity index (χ0) is 25.2. The minimum absolute atomic E-state index is 0.305. The molecule has 0 spiro atoms. The molecule has 0 amide bonds. The Morgan fingerprint density at radius 1 is 0.972 bits per heavy atom. The summed E-state index contributed by atoms with van der Waals surface area (Å²) in [5.74, 6) is 0.986. The lowest BCUT2D eigenvalue weighted by Crippen LogP contribution is -2.15. The molecule has 0 radical (unpaired) electrons. The maximum Gasteiger partial charge on any atom is 0.340 e. The van der Waals surface area contributed by atoms with Crippen molar-refractivity contribution < 1.29 is 23.7 Å². The molecule has 0 atom stereocenters. The van der Waals surface area contributed by atoms with Gasteiger partial charge in [0.2, 0.25) is 0 Å². The molecule has 0 saturated carbocycles. The summed E-state index contributed by atoms with van der Waals surface area (Å²) in [7, 11) is 3.28. The monoisotopic (exact) mass is 485 g/mol. The maximum absolute atomic E-state index is 13.6. The SMILES string of the molecule is CCOC(=O)c1c(-c2cccc3ccccc23)c(C)n2c1-c1cc(OC)c(OCCOC)cc1CC2. The van der Waals surface area contributed by atoms with Crippen molar-refractivity contribution in [2.45, 2.75) is 26.8 Å². The zero-order valence-corrected chi connectivity index (χ0v) is 21.2. The molecule has 6 nitrogen and oxygen atoms in total. The van der Waals surface area contributed by atoms with Crippen LogP contribution in [0.1, 0.15) is 28.5 Å². The van der Waals surface area contributed by atoms with Crippen LogP contribution in [0.15, 0.2) is 54.6 Å². The maximum atomic E-state index is 13.6. The Morgan fingerprint density at radius 2 is 1.78 bits per heavy atom. The molecule has 1 aliphatic rings. The molecule has 186 valence electrons. The number of nitrogens with zero attached hydrogens (tertiary/aromatic N) is 1. The number of benzene rings is 3. The third-order valence-electron chi connectivity index (χ3n) is 6.86. The van der Waals surface area contributed by atoms with Gasteiger partial charge in [0.05, 0.1) is 31.6 Å². The highest BCUT2D eigenvalue weighted by Gasteiger charge is 2.32. The van der Waals surface area contributed by atoms with Gasteiger partial charge >= 0.3 is 5.97 Å². The molecule has 4 aromatic rings. The van der Waals surface area contributed by atoms with Gasteiger partial charge in [-0.15, -0.1) is 0 Å². The number of carbonyl (C=O) groups excluding carboxylic acids is 1. The average molecular weight is 486 g/mol. The molecule has 0 N–H and O–H groups in total. The highest BCUT2D eigenvalue weighted by Crippen LogP contribution is 2.46. The van der Waals surface area contributed by atoms with Crippen LogP contribution in [0, 0.1) is 6.92 Å². The number of methoxy groups -OCH3 is 2. The fraction of sp³-hybridized carbons (Fsp3) is 0.300. The van der Waals surface area contributed by atoms with E-state index in [0.717, 1.165) is 57.4 Å². The van der Waals surface area contributed by atoms with Gasteiger partial charge in [-0.25, -0.2) is 4.79 Å². The van der Waals surface area contributed by atoms with Crippen LogP contribution >= 0.6 is 0 Å². The number of aryl methyl sites for hydroxylation is 1. The van der Waals surface area contributed by atoms with Crippen LogP contribution in [0.2, 0.25) is 0 Å². The molecular weight excluding hydrogens is 454 g/mol. The Bertz CT molecular complexity index is 1430. The van der Waals surface area contributed by atoms with E-state index in [-0.39, 0.29) is 5.97 Å². The van der Waals surface area contributed by atoms with Crippen molar-refractivity contribution in [3.8, 4) is 33.9 Å². The number of esters is 1. The second kappa shape index (κ2) is 10.1. The first-order valence-electron chi connectivity index (χ1n) is 12.3. The predicted octanol–water partition coefficient (Wildman–Crippen LogP) is 6.05. The Balaban J connectivity index is 1.76. The van der Waals surface area contributed by atoms with Crippen LogP contribution < -0.4 is 9.47 Å². The van der Waals surface area contributed by atoms with E-state index in [9.17, 15) is 4.79 Å². The molecule has 0 bridgehead atoms. The van der Waals surface area contributed by atoms with Crippen molar-refractivity contribution in [3.63, 3.8) is 0 Å². The summed E-state index contributed by atoms with van der Waals surface area (Å²) in [5.41, 5.74) is 6.56. The number of fused-ring (bicyclic) bond motifs is 4. The lowest BCUT2D eigenvalue weighted by Gasteiger charge is -2.23. The van der Waals surface area contributed by atoms with E-state index in [1.165, 1.54) is 0 Å². The van der Waals surface area contributed by atoms with E-state index >= 15 is 0 Å². The van der Waals surface area contributed by atoms with Gasteiger partial charge in [-0.2, -0.15) is 0 Å². The molecule has 1 aliphatic heterocycles. The van der Waals surface area contributed by atoms with E-state index in [1.54, 1.807) is 14.2 Å². The Kier molecular flexibility index (Phi) is 6.70. The van der Waals surface area contributed by atoms with Crippen molar-refractivity contribution in [2.24, 2.45) is 0 Å². The third-order valence-corrected chi connectivity index (χ3v) is 6.86. The number of rotatable bonds is 8. The highest BCUT2D eigenvalue weighted by molar-refractivity contribution is 6.09. The predicted molar refractivity (Wildman–Crippen MR) is 141 cm³/mol. The van der Waals surface area contributed by atoms with Crippen LogP contribution in [0.3, 0.4) is 0 Å². The van der Waals surface area contributed by atoms with E-state index in [1.807, 2.05) is 37.3 Å². The summed E-state index contributed by atoms with van der Waals surface area (Å²) in [4.78, 5) is 13.6. The first kappa shape index (κ1) is 23.9. The van der Waals surface area contributed by atoms with Crippen LogP contribution in [-0.4, -0.2) is 44.6 Å². The van der Waals surface area contributed by atoms with Gasteiger partial charge in [0, 0.05) is 30.5 Å². The Morgan fingerprint density at radius 3 is 2.56 bits per heavy atom. The summed E-state index contributed by atoms with van der Waals surface area (Å²) >= 11 is 0. The normalized spacial score (nSPS) is 12.2. The lowest BCUT2D eigenvalue weighted by molar-refractivity contribution is 0.0528. The van der Waals surface area contributed by atoms with Crippen LogP contribution in [0.25, 0.3) is 33.2 Å². The lowest BCUT2D eigenvalue weighted by atomic mass is 9.91. The molecular formula is C30H31NO5. The smallest absolute Gasteiger partial charge is 0.340 e. The van der Waals surface area contributed by atoms with Gasteiger partial charge in [0.1, 0.15) is 6.61 Å². The fourth-order valence-electron chi connectivity index (χ4n) is 5.24. The van der Waals surface area contributed by atoms with E-state index in [0.29, 0.717) is 36.9 Å². The van der Waals surface area contributed by atoms with Gasteiger partial charge in [-0.3, -0.25) is 0 Å². The van der Waals surface area contributed by atoms with Crippen molar-refractivity contribution in [1.82, 2.24) is 4.57 Å². The summed E-state index contributed by atoms with van der Waals surface area (Å²) in [6.07, 6.45) is 0.819. The Labute approximate surface area is 211 Å².